The molecule has 25 heavy (non-hydrogen) atoms. The van der Waals surface area contributed by atoms with E-state index in [1.807, 2.05) is 24.3 Å². The van der Waals surface area contributed by atoms with Crippen molar-refractivity contribution in [3.63, 3.8) is 0 Å². The first-order valence-electron chi connectivity index (χ1n) is 7.76. The van der Waals surface area contributed by atoms with Crippen molar-refractivity contribution in [2.24, 2.45) is 0 Å². The minimum Gasteiger partial charge on any atom is -0.497 e. The second-order valence-electron chi connectivity index (χ2n) is 5.53. The van der Waals surface area contributed by atoms with Crippen molar-refractivity contribution in [2.75, 3.05) is 28.4 Å². The fourth-order valence-electron chi connectivity index (χ4n) is 2.93. The van der Waals surface area contributed by atoms with Crippen molar-refractivity contribution in [2.45, 2.75) is 12.2 Å². The minimum absolute atomic E-state index is 0.191. The van der Waals surface area contributed by atoms with Gasteiger partial charge in [-0.25, -0.2) is 0 Å². The van der Waals surface area contributed by atoms with Crippen LogP contribution in [0.1, 0.15) is 22.0 Å². The first-order valence-corrected chi connectivity index (χ1v) is 7.76. The zero-order valence-corrected chi connectivity index (χ0v) is 14.6. The Bertz CT molecular complexity index is 768. The fourth-order valence-corrected chi connectivity index (χ4v) is 2.93. The molecule has 0 amide bonds. The molecular weight excluding hydrogens is 324 g/mol. The standard InChI is InChI=1S/C19H20O6/c1-21-12-7-5-11(6-8-12)18-19(24-4)17(20)16-14(23-3)9-13(22-2)10-15(16)25-18/h5-10,18-19H,1-4H3/t18-,19+/m1/s1. The summed E-state index contributed by atoms with van der Waals surface area (Å²) in [7, 11) is 6.14. The smallest absolute Gasteiger partial charge is 0.203 e. The van der Waals surface area contributed by atoms with Crippen LogP contribution in [0.5, 0.6) is 23.0 Å². The van der Waals surface area contributed by atoms with Gasteiger partial charge in [0.1, 0.15) is 28.6 Å². The van der Waals surface area contributed by atoms with Crippen LogP contribution < -0.4 is 18.9 Å². The lowest BCUT2D eigenvalue weighted by atomic mass is 9.92. The molecule has 1 heterocycles. The zero-order valence-electron chi connectivity index (χ0n) is 14.6. The molecule has 6 heteroatoms. The molecule has 0 unspecified atom stereocenters. The van der Waals surface area contributed by atoms with Crippen LogP contribution in [0, 0.1) is 0 Å². The Balaban J connectivity index is 2.07. The average Bonchev–Trinajstić information content (AvgIpc) is 2.66. The third-order valence-electron chi connectivity index (χ3n) is 4.23. The molecule has 2 aromatic rings. The van der Waals surface area contributed by atoms with E-state index in [-0.39, 0.29) is 5.78 Å². The number of rotatable bonds is 5. The Kier molecular flexibility index (Phi) is 4.81. The number of methoxy groups -OCH3 is 4. The van der Waals surface area contributed by atoms with Crippen LogP contribution in [0.25, 0.3) is 0 Å². The first-order chi connectivity index (χ1) is 12.1. The maximum absolute atomic E-state index is 13.0. The van der Waals surface area contributed by atoms with Crippen molar-refractivity contribution in [3.05, 3.63) is 47.5 Å². The van der Waals surface area contributed by atoms with Gasteiger partial charge in [0.2, 0.25) is 5.78 Å². The van der Waals surface area contributed by atoms with E-state index in [4.69, 9.17) is 23.7 Å². The van der Waals surface area contributed by atoms with Crippen molar-refractivity contribution in [1.82, 2.24) is 0 Å². The van der Waals surface area contributed by atoms with E-state index in [2.05, 4.69) is 0 Å². The van der Waals surface area contributed by atoms with Crippen LogP contribution in [0.2, 0.25) is 0 Å². The first kappa shape index (κ1) is 17.1. The highest BCUT2D eigenvalue weighted by molar-refractivity contribution is 6.06. The van der Waals surface area contributed by atoms with E-state index in [9.17, 15) is 4.79 Å². The highest BCUT2D eigenvalue weighted by Crippen LogP contribution is 2.43. The minimum atomic E-state index is -0.775. The summed E-state index contributed by atoms with van der Waals surface area (Å²) in [6, 6.07) is 10.7. The predicted molar refractivity (Wildman–Crippen MR) is 91.0 cm³/mol. The molecule has 0 radical (unpaired) electrons. The molecule has 0 aliphatic carbocycles. The van der Waals surface area contributed by atoms with Gasteiger partial charge in [-0.1, -0.05) is 12.1 Å². The van der Waals surface area contributed by atoms with Gasteiger partial charge in [0.25, 0.3) is 0 Å². The molecule has 6 nitrogen and oxygen atoms in total. The third kappa shape index (κ3) is 3.00. The number of benzene rings is 2. The molecule has 0 saturated carbocycles. The second-order valence-corrected chi connectivity index (χ2v) is 5.53. The van der Waals surface area contributed by atoms with Crippen LogP contribution in [-0.4, -0.2) is 40.3 Å². The second kappa shape index (κ2) is 7.03. The van der Waals surface area contributed by atoms with Crippen LogP contribution >= 0.6 is 0 Å². The Morgan fingerprint density at radius 2 is 1.56 bits per heavy atom. The number of hydrogen-bond donors (Lipinski definition) is 0. The summed E-state index contributed by atoms with van der Waals surface area (Å²) in [5.74, 6) is 1.89. The van der Waals surface area contributed by atoms with Crippen LogP contribution in [-0.2, 0) is 4.74 Å². The normalized spacial score (nSPS) is 19.0. The quantitative estimate of drug-likeness (QED) is 0.831. The van der Waals surface area contributed by atoms with E-state index < -0.39 is 12.2 Å². The van der Waals surface area contributed by atoms with E-state index in [1.54, 1.807) is 26.4 Å². The van der Waals surface area contributed by atoms with Gasteiger partial charge in [-0.05, 0) is 17.7 Å². The maximum Gasteiger partial charge on any atom is 0.203 e. The van der Waals surface area contributed by atoms with Gasteiger partial charge in [-0.2, -0.15) is 0 Å². The van der Waals surface area contributed by atoms with Gasteiger partial charge < -0.3 is 23.7 Å². The van der Waals surface area contributed by atoms with Gasteiger partial charge in [0, 0.05) is 19.2 Å². The Morgan fingerprint density at radius 3 is 2.12 bits per heavy atom. The molecule has 132 valence electrons. The molecule has 0 aromatic heterocycles. The summed E-state index contributed by atoms with van der Waals surface area (Å²) in [5.41, 5.74) is 1.17. The van der Waals surface area contributed by atoms with Crippen LogP contribution in [0.4, 0.5) is 0 Å². The predicted octanol–water partition coefficient (Wildman–Crippen LogP) is 3.04. The number of Topliss-reactive ketones (excluding diaryl/α,β-unsaturated/α-hetero) is 1. The molecule has 3 rings (SSSR count). The summed E-state index contributed by atoms with van der Waals surface area (Å²) in [6.07, 6.45) is -1.35. The summed E-state index contributed by atoms with van der Waals surface area (Å²) < 4.78 is 27.3. The monoisotopic (exact) mass is 344 g/mol. The number of ether oxygens (including phenoxy) is 5. The highest BCUT2D eigenvalue weighted by atomic mass is 16.5. The molecule has 2 atom stereocenters. The van der Waals surface area contributed by atoms with Crippen LogP contribution in [0.3, 0.4) is 0 Å². The van der Waals surface area contributed by atoms with Crippen molar-refractivity contribution < 1.29 is 28.5 Å². The lowest BCUT2D eigenvalue weighted by molar-refractivity contribution is -0.00111. The molecule has 2 aromatic carbocycles. The fraction of sp³-hybridized carbons (Fsp3) is 0.316. The van der Waals surface area contributed by atoms with Gasteiger partial charge in [0.15, 0.2) is 12.2 Å². The van der Waals surface area contributed by atoms with Gasteiger partial charge >= 0.3 is 0 Å². The average molecular weight is 344 g/mol. The number of carbonyl (C=O) groups excluding carboxylic acids is 1. The molecule has 0 bridgehead atoms. The topological polar surface area (TPSA) is 63.2 Å². The number of ketones is 1. The van der Waals surface area contributed by atoms with Crippen molar-refractivity contribution >= 4 is 5.78 Å². The van der Waals surface area contributed by atoms with Crippen molar-refractivity contribution in [1.29, 1.82) is 0 Å². The van der Waals surface area contributed by atoms with Gasteiger partial charge in [0.05, 0.1) is 21.3 Å². The molecule has 1 aliphatic rings. The summed E-state index contributed by atoms with van der Waals surface area (Å²) in [6.45, 7) is 0. The number of carbonyl (C=O) groups is 1. The molecule has 0 spiro atoms. The van der Waals surface area contributed by atoms with Crippen molar-refractivity contribution in [3.8, 4) is 23.0 Å². The Morgan fingerprint density at radius 1 is 0.880 bits per heavy atom. The summed E-state index contributed by atoms with van der Waals surface area (Å²) >= 11 is 0. The molecule has 1 aliphatic heterocycles. The molecule has 0 N–H and O–H groups in total. The zero-order chi connectivity index (χ0) is 18.0. The third-order valence-corrected chi connectivity index (χ3v) is 4.23. The summed E-state index contributed by atoms with van der Waals surface area (Å²) in [4.78, 5) is 13.0. The Labute approximate surface area is 146 Å². The van der Waals surface area contributed by atoms with Gasteiger partial charge in [-0.15, -0.1) is 0 Å². The van der Waals surface area contributed by atoms with E-state index in [1.165, 1.54) is 14.2 Å². The summed E-state index contributed by atoms with van der Waals surface area (Å²) in [5, 5.41) is 0. The van der Waals surface area contributed by atoms with E-state index >= 15 is 0 Å². The SMILES string of the molecule is COc1ccc([C@H]2Oc3cc(OC)cc(OC)c3C(=O)[C@@H]2OC)cc1. The van der Waals surface area contributed by atoms with Crippen LogP contribution in [0.15, 0.2) is 36.4 Å². The highest BCUT2D eigenvalue weighted by Gasteiger charge is 2.40. The van der Waals surface area contributed by atoms with E-state index in [0.29, 0.717) is 22.8 Å². The molecule has 0 fully saturated rings. The number of fused-ring (bicyclic) bond motifs is 1. The van der Waals surface area contributed by atoms with E-state index in [0.717, 1.165) is 11.3 Å². The number of hydrogen-bond acceptors (Lipinski definition) is 6. The largest absolute Gasteiger partial charge is 0.497 e. The Hall–Kier alpha value is -2.73. The lowest BCUT2D eigenvalue weighted by Gasteiger charge is -2.32. The molecular formula is C19H20O6. The molecule has 0 saturated heterocycles. The lowest BCUT2D eigenvalue weighted by Crippen LogP contribution is -2.38. The maximum atomic E-state index is 13.0. The van der Waals surface area contributed by atoms with Gasteiger partial charge in [-0.3, -0.25) is 4.79 Å².